The van der Waals surface area contributed by atoms with Gasteiger partial charge in [-0.05, 0) is 125 Å². The summed E-state index contributed by atoms with van der Waals surface area (Å²) in [7, 11) is 0. The number of nitrogens with one attached hydrogen (secondary N) is 2. The van der Waals surface area contributed by atoms with Crippen LogP contribution in [0.1, 0.15) is 86.8 Å². The van der Waals surface area contributed by atoms with Gasteiger partial charge in [0.05, 0.1) is 35.4 Å². The first-order chi connectivity index (χ1) is 29.1. The number of hydrogen-bond donors (Lipinski definition) is 3. The van der Waals surface area contributed by atoms with E-state index in [4.69, 9.17) is 15.2 Å². The molecule has 5 aromatic rings. The summed E-state index contributed by atoms with van der Waals surface area (Å²) in [6.45, 7) is 10.9. The SMILES string of the molecule is CC(C)(C)OC(=O)NCCCC[C@H](N)C(=O)NCCCCOc1cc(CN(Cc2ccccn2)Cc2ccccn2)cc(CN(Cc2ccccn2)Cc2ccccn2)c1. The molecule has 4 heterocycles. The number of nitrogens with two attached hydrogens (primary N) is 1. The number of pyridine rings is 4. The number of ether oxygens (including phenoxy) is 2. The maximum absolute atomic E-state index is 12.7. The summed E-state index contributed by atoms with van der Waals surface area (Å²) in [5, 5.41) is 5.70. The zero-order valence-corrected chi connectivity index (χ0v) is 35.3. The molecule has 0 bridgehead atoms. The van der Waals surface area contributed by atoms with Gasteiger partial charge < -0.3 is 25.8 Å². The molecule has 0 spiro atoms. The largest absolute Gasteiger partial charge is 0.494 e. The van der Waals surface area contributed by atoms with Crippen LogP contribution >= 0.6 is 0 Å². The fourth-order valence-corrected chi connectivity index (χ4v) is 6.61. The van der Waals surface area contributed by atoms with Crippen molar-refractivity contribution in [2.45, 2.75) is 104 Å². The molecule has 4 aromatic heterocycles. The normalized spacial score (nSPS) is 12.0. The molecule has 13 heteroatoms. The molecular weight excluding hydrogens is 755 g/mol. The molecule has 0 aliphatic heterocycles. The van der Waals surface area contributed by atoms with E-state index in [2.05, 4.69) is 82.8 Å². The molecule has 0 saturated heterocycles. The number of carbonyl (C=O) groups is 2. The third-order valence-corrected chi connectivity index (χ3v) is 9.37. The van der Waals surface area contributed by atoms with Crippen molar-refractivity contribution in [2.24, 2.45) is 5.73 Å². The Morgan fingerprint density at radius 3 is 1.50 bits per heavy atom. The first-order valence-corrected chi connectivity index (χ1v) is 20.9. The first kappa shape index (κ1) is 45.3. The van der Waals surface area contributed by atoms with Gasteiger partial charge in [-0.2, -0.15) is 0 Å². The Balaban J connectivity index is 1.21. The molecular formula is C47H61N9O4. The lowest BCUT2D eigenvalue weighted by molar-refractivity contribution is -0.122. The highest BCUT2D eigenvalue weighted by atomic mass is 16.6. The molecule has 2 amide bonds. The molecule has 60 heavy (non-hydrogen) atoms. The average molecular weight is 816 g/mol. The van der Waals surface area contributed by atoms with E-state index in [1.54, 1.807) is 0 Å². The topological polar surface area (TPSA) is 161 Å². The fourth-order valence-electron chi connectivity index (χ4n) is 6.61. The Morgan fingerprint density at radius 1 is 0.617 bits per heavy atom. The molecule has 0 fully saturated rings. The van der Waals surface area contributed by atoms with Crippen LogP contribution < -0.4 is 21.1 Å². The third kappa shape index (κ3) is 17.6. The number of benzene rings is 1. The van der Waals surface area contributed by atoms with Gasteiger partial charge in [0.25, 0.3) is 0 Å². The highest BCUT2D eigenvalue weighted by Crippen LogP contribution is 2.23. The van der Waals surface area contributed by atoms with Gasteiger partial charge in [-0.1, -0.05) is 30.3 Å². The minimum atomic E-state index is -0.603. The zero-order valence-electron chi connectivity index (χ0n) is 35.3. The molecule has 5 rings (SSSR count). The molecule has 13 nitrogen and oxygen atoms in total. The van der Waals surface area contributed by atoms with Gasteiger partial charge in [0.15, 0.2) is 0 Å². The van der Waals surface area contributed by atoms with Crippen molar-refractivity contribution in [2.75, 3.05) is 19.7 Å². The standard InChI is InChI=1S/C47H61N9O4/c1-47(2,3)60-46(58)54-26-13-8-20-44(48)45(57)53-25-14-15-27-59-43-29-37(31-55(33-39-16-4-9-21-49-39)34-40-17-5-10-22-50-40)28-38(30-43)32-56(35-41-18-6-11-23-51-41)36-42-19-7-12-24-52-42/h4-7,9-12,16-19,21-24,28-30,44H,8,13-15,20,25-27,31-36,48H2,1-3H3,(H,53,57)(H,54,58)/t44-/m0/s1. The van der Waals surface area contributed by atoms with E-state index in [9.17, 15) is 9.59 Å². The van der Waals surface area contributed by atoms with Crippen LogP contribution in [0.5, 0.6) is 5.75 Å². The summed E-state index contributed by atoms with van der Waals surface area (Å²) < 4.78 is 11.7. The van der Waals surface area contributed by atoms with E-state index < -0.39 is 17.7 Å². The summed E-state index contributed by atoms with van der Waals surface area (Å²) >= 11 is 0. The van der Waals surface area contributed by atoms with Crippen LogP contribution in [0.15, 0.2) is 116 Å². The van der Waals surface area contributed by atoms with Crippen LogP contribution in [0.4, 0.5) is 4.79 Å². The Kier molecular flexibility index (Phi) is 18.4. The maximum Gasteiger partial charge on any atom is 0.407 e. The van der Waals surface area contributed by atoms with Crippen molar-refractivity contribution >= 4 is 12.0 Å². The molecule has 0 aliphatic rings. The Hall–Kier alpha value is -5.76. The van der Waals surface area contributed by atoms with E-state index in [1.165, 1.54) is 0 Å². The molecule has 1 aromatic carbocycles. The van der Waals surface area contributed by atoms with Crippen molar-refractivity contribution in [3.63, 3.8) is 0 Å². The number of rotatable bonds is 24. The monoisotopic (exact) mass is 815 g/mol. The Labute approximate surface area is 355 Å². The average Bonchev–Trinajstić information content (AvgIpc) is 3.22. The lowest BCUT2D eigenvalue weighted by Crippen LogP contribution is -2.41. The van der Waals surface area contributed by atoms with E-state index >= 15 is 0 Å². The van der Waals surface area contributed by atoms with E-state index in [0.717, 1.165) is 52.5 Å². The minimum absolute atomic E-state index is 0.171. The highest BCUT2D eigenvalue weighted by molar-refractivity contribution is 5.81. The quantitative estimate of drug-likeness (QED) is 0.0552. The van der Waals surface area contributed by atoms with Gasteiger partial charge in [0.2, 0.25) is 5.91 Å². The van der Waals surface area contributed by atoms with Crippen molar-refractivity contribution < 1.29 is 19.1 Å². The third-order valence-electron chi connectivity index (χ3n) is 9.37. The number of aromatic nitrogens is 4. The van der Waals surface area contributed by atoms with Crippen molar-refractivity contribution in [3.8, 4) is 5.75 Å². The molecule has 0 unspecified atom stereocenters. The van der Waals surface area contributed by atoms with E-state index in [-0.39, 0.29) is 5.91 Å². The Bertz CT molecular complexity index is 1790. The summed E-state index contributed by atoms with van der Waals surface area (Å²) in [5.74, 6) is 0.622. The van der Waals surface area contributed by atoms with Crippen LogP contribution in [0.3, 0.4) is 0 Å². The molecule has 0 aliphatic carbocycles. The number of carbonyl (C=O) groups excluding carboxylic acids is 2. The number of amides is 2. The second kappa shape index (κ2) is 24.4. The van der Waals surface area contributed by atoms with Gasteiger partial charge in [0.1, 0.15) is 11.4 Å². The predicted octanol–water partition coefficient (Wildman–Crippen LogP) is 6.97. The smallest absolute Gasteiger partial charge is 0.407 e. The Morgan fingerprint density at radius 2 is 1.07 bits per heavy atom. The highest BCUT2D eigenvalue weighted by Gasteiger charge is 2.17. The van der Waals surface area contributed by atoms with Crippen LogP contribution in [0.2, 0.25) is 0 Å². The van der Waals surface area contributed by atoms with Gasteiger partial charge in [-0.3, -0.25) is 34.5 Å². The van der Waals surface area contributed by atoms with Crippen LogP contribution in [-0.4, -0.2) is 73.1 Å². The van der Waals surface area contributed by atoms with Gasteiger partial charge in [0, 0.05) is 77.1 Å². The molecule has 1 atom stereocenters. The lowest BCUT2D eigenvalue weighted by atomic mass is 10.1. The van der Waals surface area contributed by atoms with Crippen LogP contribution in [0.25, 0.3) is 0 Å². The number of hydrogen-bond acceptors (Lipinski definition) is 11. The summed E-state index contributed by atoms with van der Waals surface area (Å²) in [4.78, 5) is 47.7. The molecule has 4 N–H and O–H groups in total. The van der Waals surface area contributed by atoms with E-state index in [0.29, 0.717) is 78.2 Å². The van der Waals surface area contributed by atoms with E-state index in [1.807, 2.05) is 94.1 Å². The second-order valence-electron chi connectivity index (χ2n) is 15.9. The molecule has 0 radical (unpaired) electrons. The van der Waals surface area contributed by atoms with Crippen LogP contribution in [-0.2, 0) is 48.8 Å². The predicted molar refractivity (Wildman–Crippen MR) is 233 cm³/mol. The lowest BCUT2D eigenvalue weighted by Gasteiger charge is -2.25. The van der Waals surface area contributed by atoms with Gasteiger partial charge >= 0.3 is 6.09 Å². The number of alkyl carbamates (subject to hydrolysis) is 1. The van der Waals surface area contributed by atoms with Gasteiger partial charge in [-0.25, -0.2) is 4.79 Å². The number of nitrogens with zero attached hydrogens (tertiary/aromatic N) is 6. The van der Waals surface area contributed by atoms with Crippen molar-refractivity contribution in [3.05, 3.63) is 150 Å². The molecule has 0 saturated carbocycles. The van der Waals surface area contributed by atoms with Crippen molar-refractivity contribution in [1.29, 1.82) is 0 Å². The summed E-state index contributed by atoms with van der Waals surface area (Å²) in [5.41, 5.74) is 11.8. The maximum atomic E-state index is 12.7. The number of unbranched alkanes of at least 4 members (excludes halogenated alkanes) is 2. The zero-order chi connectivity index (χ0) is 42.4. The minimum Gasteiger partial charge on any atom is -0.494 e. The van der Waals surface area contributed by atoms with Gasteiger partial charge in [-0.15, -0.1) is 0 Å². The van der Waals surface area contributed by atoms with Crippen LogP contribution in [0, 0.1) is 0 Å². The second-order valence-corrected chi connectivity index (χ2v) is 15.9. The summed E-state index contributed by atoms with van der Waals surface area (Å²) in [6, 6.07) is 29.9. The first-order valence-electron chi connectivity index (χ1n) is 20.9. The summed E-state index contributed by atoms with van der Waals surface area (Å²) in [6.07, 6.45) is 10.3. The van der Waals surface area contributed by atoms with Crippen molar-refractivity contribution in [1.82, 2.24) is 40.4 Å². The fraction of sp³-hybridized carbons (Fsp3) is 0.404. The molecule has 318 valence electrons.